The van der Waals surface area contributed by atoms with Crippen LogP contribution in [0.2, 0.25) is 10.0 Å². The van der Waals surface area contributed by atoms with Gasteiger partial charge in [0.05, 0.1) is 11.4 Å². The predicted octanol–water partition coefficient (Wildman–Crippen LogP) is 6.91. The maximum absolute atomic E-state index is 13.7. The largest absolute Gasteiger partial charge is 0.295 e. The van der Waals surface area contributed by atoms with Crippen LogP contribution in [0.25, 0.3) is 0 Å². The molecular formula is C30H22Cl2N2O2. The molecule has 0 radical (unpaired) electrons. The average Bonchev–Trinajstić information content (AvgIpc) is 3.29. The van der Waals surface area contributed by atoms with Gasteiger partial charge in [-0.3, -0.25) is 19.4 Å². The van der Waals surface area contributed by atoms with Crippen LogP contribution < -0.4 is 9.80 Å². The van der Waals surface area contributed by atoms with Gasteiger partial charge in [0.15, 0.2) is 0 Å². The molecule has 2 amide bonds. The second kappa shape index (κ2) is 7.95. The van der Waals surface area contributed by atoms with Crippen molar-refractivity contribution in [1.29, 1.82) is 0 Å². The second-order valence-corrected chi connectivity index (χ2v) is 10.1. The lowest BCUT2D eigenvalue weighted by atomic mass is 9.65. The van der Waals surface area contributed by atoms with E-state index >= 15 is 0 Å². The molecule has 0 fully saturated rings. The van der Waals surface area contributed by atoms with Crippen LogP contribution in [0.1, 0.15) is 36.1 Å². The van der Waals surface area contributed by atoms with Gasteiger partial charge in [0.25, 0.3) is 0 Å². The number of carbonyl (C=O) groups is 2. The summed E-state index contributed by atoms with van der Waals surface area (Å²) in [5.74, 6) is -0.312. The minimum Gasteiger partial charge on any atom is -0.295 e. The van der Waals surface area contributed by atoms with Gasteiger partial charge in [-0.2, -0.15) is 0 Å². The average molecular weight is 513 g/mol. The molecule has 0 N–H and O–H groups in total. The molecule has 0 aliphatic carbocycles. The number of fused-ring (bicyclic) bond motifs is 5. The number of benzene rings is 4. The number of rotatable bonds is 2. The van der Waals surface area contributed by atoms with Crippen molar-refractivity contribution in [3.8, 4) is 0 Å². The zero-order valence-corrected chi connectivity index (χ0v) is 21.2. The van der Waals surface area contributed by atoms with Gasteiger partial charge in [-0.25, -0.2) is 0 Å². The highest BCUT2D eigenvalue weighted by Gasteiger charge is 2.73. The quantitative estimate of drug-likeness (QED) is 0.292. The Morgan fingerprint density at radius 3 is 1.28 bits per heavy atom. The molecule has 178 valence electrons. The highest BCUT2D eigenvalue weighted by molar-refractivity contribution is 6.31. The van der Waals surface area contributed by atoms with Gasteiger partial charge in [-0.15, -0.1) is 0 Å². The minimum atomic E-state index is -1.14. The van der Waals surface area contributed by atoms with Gasteiger partial charge in [-0.1, -0.05) is 83.9 Å². The Balaban J connectivity index is 1.94. The Morgan fingerprint density at radius 2 is 0.944 bits per heavy atom. The summed E-state index contributed by atoms with van der Waals surface area (Å²) in [4.78, 5) is 31.1. The van der Waals surface area contributed by atoms with Gasteiger partial charge in [0.1, 0.15) is 11.1 Å². The summed E-state index contributed by atoms with van der Waals surface area (Å²) in [6, 6.07) is 30.8. The van der Waals surface area contributed by atoms with Crippen molar-refractivity contribution < 1.29 is 9.59 Å². The maximum atomic E-state index is 13.7. The molecule has 0 unspecified atom stereocenters. The molecule has 2 aliphatic heterocycles. The van der Waals surface area contributed by atoms with E-state index in [-0.39, 0.29) is 11.8 Å². The van der Waals surface area contributed by atoms with E-state index in [9.17, 15) is 9.59 Å². The van der Waals surface area contributed by atoms with E-state index in [1.54, 1.807) is 26.0 Å². The SMILES string of the molecule is CC(=O)N1c2ccc(Cl)cc2[C@]2(c3ccccc3)N(C(C)=O)c3ccc(Cl)cc3[C@]12c1ccccc1. The van der Waals surface area contributed by atoms with Crippen molar-refractivity contribution in [1.82, 2.24) is 0 Å². The van der Waals surface area contributed by atoms with Crippen LogP contribution in [0, 0.1) is 0 Å². The van der Waals surface area contributed by atoms with Crippen molar-refractivity contribution in [3.05, 3.63) is 129 Å². The van der Waals surface area contributed by atoms with Crippen molar-refractivity contribution in [2.24, 2.45) is 0 Å². The first-order valence-corrected chi connectivity index (χ1v) is 12.4. The van der Waals surface area contributed by atoms with Crippen LogP contribution in [0.3, 0.4) is 0 Å². The van der Waals surface area contributed by atoms with Crippen LogP contribution in [-0.4, -0.2) is 11.8 Å². The van der Waals surface area contributed by atoms with Crippen LogP contribution in [-0.2, 0) is 20.7 Å². The number of hydrogen-bond donors (Lipinski definition) is 0. The first kappa shape index (κ1) is 22.8. The third kappa shape index (κ3) is 2.66. The molecule has 6 heteroatoms. The normalized spacial score (nSPS) is 21.7. The molecule has 2 heterocycles. The summed E-state index contributed by atoms with van der Waals surface area (Å²) in [6.07, 6.45) is 0. The molecule has 36 heavy (non-hydrogen) atoms. The zero-order valence-electron chi connectivity index (χ0n) is 19.7. The number of hydrogen-bond acceptors (Lipinski definition) is 2. The number of nitrogens with zero attached hydrogens (tertiary/aromatic N) is 2. The molecule has 2 aliphatic rings. The Morgan fingerprint density at radius 1 is 0.583 bits per heavy atom. The third-order valence-electron chi connectivity index (χ3n) is 7.39. The second-order valence-electron chi connectivity index (χ2n) is 9.18. The Labute approximate surface area is 219 Å². The topological polar surface area (TPSA) is 40.6 Å². The summed E-state index contributed by atoms with van der Waals surface area (Å²) in [7, 11) is 0. The molecule has 6 rings (SSSR count). The number of amides is 2. The van der Waals surface area contributed by atoms with Crippen LogP contribution in [0.4, 0.5) is 11.4 Å². The fraction of sp³-hybridized carbons (Fsp3) is 0.133. The van der Waals surface area contributed by atoms with E-state index in [1.807, 2.05) is 94.7 Å². The third-order valence-corrected chi connectivity index (χ3v) is 7.86. The molecule has 0 spiro atoms. The van der Waals surface area contributed by atoms with E-state index < -0.39 is 11.1 Å². The molecule has 4 aromatic carbocycles. The Kier molecular flexibility index (Phi) is 5.05. The first-order valence-electron chi connectivity index (χ1n) is 11.7. The number of anilines is 2. The number of carbonyl (C=O) groups excluding carboxylic acids is 2. The van der Waals surface area contributed by atoms with E-state index in [2.05, 4.69) is 0 Å². The molecular weight excluding hydrogens is 491 g/mol. The maximum Gasteiger partial charge on any atom is 0.225 e. The van der Waals surface area contributed by atoms with Gasteiger partial charge in [0, 0.05) is 35.0 Å². The fourth-order valence-electron chi connectivity index (χ4n) is 6.46. The lowest BCUT2D eigenvalue weighted by Crippen LogP contribution is -2.62. The summed E-state index contributed by atoms with van der Waals surface area (Å²) < 4.78 is 0. The Hall–Kier alpha value is -3.60. The van der Waals surface area contributed by atoms with Gasteiger partial charge in [0.2, 0.25) is 11.8 Å². The van der Waals surface area contributed by atoms with Gasteiger partial charge >= 0.3 is 0 Å². The summed E-state index contributed by atoms with van der Waals surface area (Å²) in [5, 5.41) is 1.04. The monoisotopic (exact) mass is 512 g/mol. The van der Waals surface area contributed by atoms with Gasteiger partial charge in [-0.05, 0) is 47.5 Å². The summed E-state index contributed by atoms with van der Waals surface area (Å²) in [5.41, 5.74) is 2.42. The van der Waals surface area contributed by atoms with Gasteiger partial charge < -0.3 is 0 Å². The van der Waals surface area contributed by atoms with Crippen LogP contribution in [0.5, 0.6) is 0 Å². The number of halogens is 2. The Bertz CT molecular complexity index is 1420. The molecule has 2 atom stereocenters. The lowest BCUT2D eigenvalue weighted by Gasteiger charge is -2.49. The van der Waals surface area contributed by atoms with Crippen molar-refractivity contribution in [2.45, 2.75) is 24.9 Å². The van der Waals surface area contributed by atoms with Crippen LogP contribution in [0.15, 0.2) is 97.1 Å². The van der Waals surface area contributed by atoms with Crippen molar-refractivity contribution in [3.63, 3.8) is 0 Å². The minimum absolute atomic E-state index is 0.156. The first-order chi connectivity index (χ1) is 17.3. The smallest absolute Gasteiger partial charge is 0.225 e. The molecule has 0 saturated heterocycles. The molecule has 4 nitrogen and oxygen atoms in total. The highest BCUT2D eigenvalue weighted by atomic mass is 35.5. The van der Waals surface area contributed by atoms with E-state index in [4.69, 9.17) is 23.2 Å². The van der Waals surface area contributed by atoms with E-state index in [0.29, 0.717) is 21.4 Å². The van der Waals surface area contributed by atoms with Crippen LogP contribution >= 0.6 is 23.2 Å². The molecule has 0 saturated carbocycles. The van der Waals surface area contributed by atoms with Crippen molar-refractivity contribution >= 4 is 46.4 Å². The van der Waals surface area contributed by atoms with E-state index in [0.717, 1.165) is 22.3 Å². The zero-order chi connectivity index (χ0) is 25.2. The lowest BCUT2D eigenvalue weighted by molar-refractivity contribution is -0.119. The van der Waals surface area contributed by atoms with E-state index in [1.165, 1.54) is 0 Å². The standard InChI is InChI=1S/C30H22Cl2N2O2/c1-19(35)33-27-15-13-23(31)17-25(27)30(22-11-7-4-8-12-22)29(33,21-9-5-3-6-10-21)26-18-24(32)14-16-28(26)34(30)20(2)36/h3-18H,1-2H3/t29-,30-/m0/s1. The molecule has 4 aromatic rings. The van der Waals surface area contributed by atoms with Crippen molar-refractivity contribution in [2.75, 3.05) is 9.80 Å². The predicted molar refractivity (Wildman–Crippen MR) is 144 cm³/mol. The molecule has 0 aromatic heterocycles. The summed E-state index contributed by atoms with van der Waals surface area (Å²) in [6.45, 7) is 3.12. The molecule has 0 bridgehead atoms. The highest BCUT2D eigenvalue weighted by Crippen LogP contribution is 2.70. The fourth-order valence-corrected chi connectivity index (χ4v) is 6.80. The summed E-state index contributed by atoms with van der Waals surface area (Å²) >= 11 is 13.2.